The van der Waals surface area contributed by atoms with Crippen LogP contribution in [-0.2, 0) is 14.4 Å². The summed E-state index contributed by atoms with van der Waals surface area (Å²) in [5.41, 5.74) is -0.0917. The van der Waals surface area contributed by atoms with E-state index >= 15 is 0 Å². The van der Waals surface area contributed by atoms with Crippen LogP contribution < -0.4 is 9.47 Å². The second kappa shape index (κ2) is 9.88. The molecule has 0 unspecified atom stereocenters. The number of carbonyl (C=O) groups is 3. The fourth-order valence-electron chi connectivity index (χ4n) is 4.99. The van der Waals surface area contributed by atoms with Gasteiger partial charge < -0.3 is 19.7 Å². The van der Waals surface area contributed by atoms with Gasteiger partial charge in [-0.3, -0.25) is 14.4 Å². The van der Waals surface area contributed by atoms with Gasteiger partial charge >= 0.3 is 5.97 Å². The molecule has 3 rings (SSSR count). The summed E-state index contributed by atoms with van der Waals surface area (Å²) in [4.78, 5) is 38.6. The van der Waals surface area contributed by atoms with Crippen molar-refractivity contribution in [3.8, 4) is 11.5 Å². The number of rotatable bonds is 7. The van der Waals surface area contributed by atoms with E-state index in [9.17, 15) is 24.6 Å². The molecule has 0 saturated carbocycles. The van der Waals surface area contributed by atoms with E-state index in [-0.39, 0.29) is 77.8 Å². The Labute approximate surface area is 206 Å². The van der Waals surface area contributed by atoms with Crippen LogP contribution in [0.3, 0.4) is 0 Å². The number of ether oxygens (including phenoxy) is 2. The largest absolute Gasteiger partial charge is 0.512 e. The Bertz CT molecular complexity index is 1050. The van der Waals surface area contributed by atoms with Gasteiger partial charge in [0, 0.05) is 49.2 Å². The van der Waals surface area contributed by atoms with Crippen molar-refractivity contribution in [2.75, 3.05) is 6.61 Å². The summed E-state index contributed by atoms with van der Waals surface area (Å²) in [5, 5.41) is 22.1. The lowest BCUT2D eigenvalue weighted by atomic mass is 9.67. The van der Waals surface area contributed by atoms with Crippen molar-refractivity contribution in [3.63, 3.8) is 0 Å². The summed E-state index contributed by atoms with van der Waals surface area (Å²) < 4.78 is 11.1. The molecule has 2 aliphatic rings. The van der Waals surface area contributed by atoms with Gasteiger partial charge in [0.1, 0.15) is 11.5 Å². The number of aliphatic hydroxyl groups excluding tert-OH is 2. The summed E-state index contributed by atoms with van der Waals surface area (Å²) >= 11 is 0. The average Bonchev–Trinajstić information content (AvgIpc) is 2.71. The van der Waals surface area contributed by atoms with Crippen LogP contribution in [0.5, 0.6) is 11.5 Å². The lowest BCUT2D eigenvalue weighted by Gasteiger charge is -2.36. The van der Waals surface area contributed by atoms with Gasteiger partial charge in [-0.25, -0.2) is 0 Å². The van der Waals surface area contributed by atoms with Crippen LogP contribution in [-0.4, -0.2) is 34.4 Å². The first-order chi connectivity index (χ1) is 16.3. The Morgan fingerprint density at radius 1 is 0.886 bits per heavy atom. The highest BCUT2D eigenvalue weighted by Gasteiger charge is 2.43. The van der Waals surface area contributed by atoms with Crippen molar-refractivity contribution in [3.05, 3.63) is 46.4 Å². The minimum atomic E-state index is -0.961. The quantitative estimate of drug-likeness (QED) is 0.367. The van der Waals surface area contributed by atoms with Gasteiger partial charge in [-0.1, -0.05) is 40.7 Å². The molecule has 1 aromatic carbocycles. The number of ketones is 2. The van der Waals surface area contributed by atoms with Gasteiger partial charge in [-0.15, -0.1) is 0 Å². The van der Waals surface area contributed by atoms with E-state index in [0.717, 1.165) is 0 Å². The Morgan fingerprint density at radius 3 is 1.83 bits per heavy atom. The van der Waals surface area contributed by atoms with Gasteiger partial charge in [0.25, 0.3) is 0 Å². The highest BCUT2D eigenvalue weighted by molar-refractivity contribution is 6.05. The zero-order valence-electron chi connectivity index (χ0n) is 21.5. The minimum Gasteiger partial charge on any atom is -0.512 e. The summed E-state index contributed by atoms with van der Waals surface area (Å²) in [7, 11) is 0. The maximum absolute atomic E-state index is 13.3. The molecule has 0 aliphatic heterocycles. The first kappa shape index (κ1) is 26.5. The Balaban J connectivity index is 2.24. The van der Waals surface area contributed by atoms with Gasteiger partial charge in [0.15, 0.2) is 23.1 Å². The first-order valence-electron chi connectivity index (χ1n) is 12.2. The Hall–Kier alpha value is -3.09. The van der Waals surface area contributed by atoms with Gasteiger partial charge in [-0.05, 0) is 35.4 Å². The summed E-state index contributed by atoms with van der Waals surface area (Å²) in [6, 6.07) is 4.82. The molecule has 7 nitrogen and oxygen atoms in total. The molecule has 2 aliphatic carbocycles. The highest BCUT2D eigenvalue weighted by Crippen LogP contribution is 2.48. The van der Waals surface area contributed by atoms with E-state index in [4.69, 9.17) is 9.47 Å². The Morgan fingerprint density at radius 2 is 1.40 bits per heavy atom. The second-order valence-corrected chi connectivity index (χ2v) is 11.0. The topological polar surface area (TPSA) is 110 Å². The van der Waals surface area contributed by atoms with E-state index in [1.165, 1.54) is 0 Å². The lowest BCUT2D eigenvalue weighted by Crippen LogP contribution is -2.33. The van der Waals surface area contributed by atoms with Crippen molar-refractivity contribution in [2.45, 2.75) is 79.6 Å². The monoisotopic (exact) mass is 484 g/mol. The third-order valence-corrected chi connectivity index (χ3v) is 6.48. The lowest BCUT2D eigenvalue weighted by molar-refractivity contribution is -0.134. The Kier molecular flexibility index (Phi) is 7.48. The molecule has 2 N–H and O–H groups in total. The molecule has 0 bridgehead atoms. The van der Waals surface area contributed by atoms with E-state index in [1.54, 1.807) is 32.0 Å². The maximum Gasteiger partial charge on any atom is 0.311 e. The third-order valence-electron chi connectivity index (χ3n) is 6.48. The molecule has 0 saturated heterocycles. The van der Waals surface area contributed by atoms with Crippen molar-refractivity contribution in [2.24, 2.45) is 10.8 Å². The standard InChI is InChI=1S/C28H36O7/c1-7-23(33)35-21-10-9-16(11-22(21)34-8-2)24(25-17(29)12-27(3,4)13-18(25)30)26-19(31)14-28(5,6)15-20(26)32/h9-11,24,29,31H,7-8,12-15H2,1-6H3. The van der Waals surface area contributed by atoms with Crippen LogP contribution in [0.4, 0.5) is 0 Å². The number of carbonyl (C=O) groups excluding carboxylic acids is 3. The predicted molar refractivity (Wildman–Crippen MR) is 132 cm³/mol. The molecule has 0 amide bonds. The highest BCUT2D eigenvalue weighted by atomic mass is 16.6. The molecular formula is C28H36O7. The minimum absolute atomic E-state index is 0.0753. The SMILES string of the molecule is CCOc1cc(C(C2=C(O)CC(C)(C)CC2=O)C2=C(O)CC(C)(C)CC2=O)ccc1OC(=O)CC. The predicted octanol–water partition coefficient (Wildman–Crippen LogP) is 5.89. The molecule has 0 radical (unpaired) electrons. The summed E-state index contributed by atoms with van der Waals surface area (Å²) in [5.74, 6) is -1.55. The van der Waals surface area contributed by atoms with Crippen molar-refractivity contribution < 1.29 is 34.1 Å². The molecule has 35 heavy (non-hydrogen) atoms. The van der Waals surface area contributed by atoms with Crippen LogP contribution >= 0.6 is 0 Å². The van der Waals surface area contributed by atoms with Gasteiger partial charge in [0.05, 0.1) is 6.61 Å². The maximum atomic E-state index is 13.3. The van der Waals surface area contributed by atoms with Crippen LogP contribution in [0.2, 0.25) is 0 Å². The van der Waals surface area contributed by atoms with Crippen LogP contribution in [0.15, 0.2) is 40.9 Å². The normalized spacial score (nSPS) is 19.9. The van der Waals surface area contributed by atoms with Crippen LogP contribution in [0.25, 0.3) is 0 Å². The van der Waals surface area contributed by atoms with E-state index < -0.39 is 22.7 Å². The summed E-state index contributed by atoms with van der Waals surface area (Å²) in [6.07, 6.45) is 1.17. The number of hydrogen-bond acceptors (Lipinski definition) is 7. The molecular weight excluding hydrogens is 448 g/mol. The zero-order valence-corrected chi connectivity index (χ0v) is 21.5. The van der Waals surface area contributed by atoms with E-state index in [1.807, 2.05) is 27.7 Å². The average molecular weight is 485 g/mol. The number of benzene rings is 1. The molecule has 0 aromatic heterocycles. The third kappa shape index (κ3) is 5.77. The summed E-state index contributed by atoms with van der Waals surface area (Å²) in [6.45, 7) is 11.4. The fraction of sp³-hybridized carbons (Fsp3) is 0.536. The second-order valence-electron chi connectivity index (χ2n) is 11.0. The molecule has 0 atom stereocenters. The molecule has 190 valence electrons. The molecule has 1 aromatic rings. The fourth-order valence-corrected chi connectivity index (χ4v) is 4.99. The zero-order chi connectivity index (χ0) is 26.1. The molecule has 0 fully saturated rings. The van der Waals surface area contributed by atoms with Crippen molar-refractivity contribution in [1.29, 1.82) is 0 Å². The van der Waals surface area contributed by atoms with E-state index in [2.05, 4.69) is 0 Å². The smallest absolute Gasteiger partial charge is 0.311 e. The van der Waals surface area contributed by atoms with Crippen LogP contribution in [0.1, 0.15) is 85.1 Å². The number of aliphatic hydroxyl groups is 2. The van der Waals surface area contributed by atoms with Gasteiger partial charge in [-0.2, -0.15) is 0 Å². The molecule has 0 spiro atoms. The van der Waals surface area contributed by atoms with Crippen molar-refractivity contribution >= 4 is 17.5 Å². The first-order valence-corrected chi connectivity index (χ1v) is 12.2. The number of hydrogen-bond donors (Lipinski definition) is 2. The molecule has 7 heteroatoms. The van der Waals surface area contributed by atoms with E-state index in [0.29, 0.717) is 12.2 Å². The van der Waals surface area contributed by atoms with Crippen molar-refractivity contribution in [1.82, 2.24) is 0 Å². The number of esters is 1. The van der Waals surface area contributed by atoms with Gasteiger partial charge in [0.2, 0.25) is 0 Å². The van der Waals surface area contributed by atoms with Crippen LogP contribution in [0, 0.1) is 10.8 Å². The number of Topliss-reactive ketones (excluding diaryl/α,β-unsaturated/α-hetero) is 2. The molecule has 0 heterocycles. The number of allylic oxidation sites excluding steroid dienone is 4.